The molecule has 0 spiro atoms. The molecule has 1 aromatic carbocycles. The van der Waals surface area contributed by atoms with Crippen molar-refractivity contribution in [3.63, 3.8) is 0 Å². The highest BCUT2D eigenvalue weighted by Gasteiger charge is 2.15. The van der Waals surface area contributed by atoms with Crippen molar-refractivity contribution in [1.82, 2.24) is 10.2 Å². The molecule has 0 saturated carbocycles. The zero-order valence-electron chi connectivity index (χ0n) is 12.3. The van der Waals surface area contributed by atoms with Crippen LogP contribution >= 0.6 is 23.4 Å². The summed E-state index contributed by atoms with van der Waals surface area (Å²) in [5.41, 5.74) is 1.19. The van der Waals surface area contributed by atoms with Crippen molar-refractivity contribution in [2.45, 2.75) is 25.4 Å². The molecular weight excluding hydrogens is 276 g/mol. The van der Waals surface area contributed by atoms with Gasteiger partial charge in [-0.1, -0.05) is 29.8 Å². The minimum Gasteiger partial charge on any atom is -0.313 e. The molecule has 0 bridgehead atoms. The summed E-state index contributed by atoms with van der Waals surface area (Å²) in [6.45, 7) is 3.35. The zero-order valence-corrected chi connectivity index (χ0v) is 13.9. The van der Waals surface area contributed by atoms with Gasteiger partial charge in [-0.15, -0.1) is 0 Å². The van der Waals surface area contributed by atoms with Crippen molar-refractivity contribution < 1.29 is 0 Å². The number of nitrogens with one attached hydrogen (secondary N) is 1. The summed E-state index contributed by atoms with van der Waals surface area (Å²) in [7, 11) is 4.19. The van der Waals surface area contributed by atoms with Crippen LogP contribution < -0.4 is 5.32 Å². The highest BCUT2D eigenvalue weighted by molar-refractivity contribution is 7.98. The molecule has 0 amide bonds. The maximum atomic E-state index is 6.27. The van der Waals surface area contributed by atoms with E-state index < -0.39 is 0 Å². The average molecular weight is 301 g/mol. The molecule has 2 unspecified atom stereocenters. The molecular formula is C15H25ClN2S. The smallest absolute Gasteiger partial charge is 0.0453 e. The first-order chi connectivity index (χ1) is 9.10. The van der Waals surface area contributed by atoms with Gasteiger partial charge < -0.3 is 10.2 Å². The highest BCUT2D eigenvalue weighted by atomic mass is 35.5. The molecule has 2 nitrogen and oxygen atoms in total. The third-order valence-electron chi connectivity index (χ3n) is 3.56. The molecule has 0 aliphatic rings. The molecule has 4 heteroatoms. The molecule has 0 aliphatic heterocycles. The minimum absolute atomic E-state index is 0.317. The van der Waals surface area contributed by atoms with Crippen molar-refractivity contribution in [3.05, 3.63) is 34.9 Å². The second-order valence-corrected chi connectivity index (χ2v) is 6.25. The van der Waals surface area contributed by atoms with E-state index in [0.29, 0.717) is 12.1 Å². The molecule has 0 heterocycles. The summed E-state index contributed by atoms with van der Waals surface area (Å²) in [4.78, 5) is 2.41. The molecule has 1 N–H and O–H groups in total. The first kappa shape index (κ1) is 16.8. The molecule has 0 saturated heterocycles. The lowest BCUT2D eigenvalue weighted by Crippen LogP contribution is -2.33. The van der Waals surface area contributed by atoms with E-state index in [0.717, 1.165) is 18.0 Å². The van der Waals surface area contributed by atoms with Crippen LogP contribution in [0.5, 0.6) is 0 Å². The van der Waals surface area contributed by atoms with Gasteiger partial charge in [-0.25, -0.2) is 0 Å². The Hall–Kier alpha value is -0.220. The molecule has 0 aliphatic carbocycles. The molecule has 108 valence electrons. The highest BCUT2D eigenvalue weighted by Crippen LogP contribution is 2.25. The topological polar surface area (TPSA) is 15.3 Å². The number of benzene rings is 1. The SMILES string of the molecule is CNC(CCN(C)C(C)CSC)c1ccccc1Cl. The van der Waals surface area contributed by atoms with Crippen LogP contribution in [-0.4, -0.2) is 43.6 Å². The van der Waals surface area contributed by atoms with Crippen LogP contribution in [0.15, 0.2) is 24.3 Å². The van der Waals surface area contributed by atoms with Crippen LogP contribution in [0.3, 0.4) is 0 Å². The van der Waals surface area contributed by atoms with E-state index in [1.165, 1.54) is 11.3 Å². The summed E-state index contributed by atoms with van der Waals surface area (Å²) in [5.74, 6) is 1.17. The number of rotatable bonds is 8. The maximum absolute atomic E-state index is 6.27. The van der Waals surface area contributed by atoms with Crippen molar-refractivity contribution in [3.8, 4) is 0 Å². The number of hydrogen-bond acceptors (Lipinski definition) is 3. The zero-order chi connectivity index (χ0) is 14.3. The second kappa shape index (κ2) is 8.85. The van der Waals surface area contributed by atoms with Crippen LogP contribution in [-0.2, 0) is 0 Å². The van der Waals surface area contributed by atoms with Gasteiger partial charge in [0.15, 0.2) is 0 Å². The largest absolute Gasteiger partial charge is 0.313 e. The van der Waals surface area contributed by atoms with Gasteiger partial charge in [0.1, 0.15) is 0 Å². The van der Waals surface area contributed by atoms with E-state index in [1.54, 1.807) is 0 Å². The fraction of sp³-hybridized carbons (Fsp3) is 0.600. The summed E-state index contributed by atoms with van der Waals surface area (Å²) >= 11 is 8.17. The third kappa shape index (κ3) is 5.35. The fourth-order valence-corrected chi connectivity index (χ4v) is 3.14. The van der Waals surface area contributed by atoms with E-state index in [4.69, 9.17) is 11.6 Å². The monoisotopic (exact) mass is 300 g/mol. The molecule has 0 fully saturated rings. The van der Waals surface area contributed by atoms with Gasteiger partial charge in [0.05, 0.1) is 0 Å². The lowest BCUT2D eigenvalue weighted by molar-refractivity contribution is 0.262. The van der Waals surface area contributed by atoms with Gasteiger partial charge >= 0.3 is 0 Å². The summed E-state index contributed by atoms with van der Waals surface area (Å²) in [6.07, 6.45) is 3.22. The lowest BCUT2D eigenvalue weighted by atomic mass is 10.0. The number of nitrogens with zero attached hydrogens (tertiary/aromatic N) is 1. The van der Waals surface area contributed by atoms with Crippen LogP contribution in [0.4, 0.5) is 0 Å². The third-order valence-corrected chi connectivity index (χ3v) is 4.72. The van der Waals surface area contributed by atoms with Gasteiger partial charge in [0.25, 0.3) is 0 Å². The van der Waals surface area contributed by atoms with Crippen molar-refractivity contribution in [2.75, 3.05) is 32.6 Å². The Morgan fingerprint density at radius 1 is 1.37 bits per heavy atom. The molecule has 2 atom stereocenters. The van der Waals surface area contributed by atoms with Gasteiger partial charge in [0.2, 0.25) is 0 Å². The van der Waals surface area contributed by atoms with E-state index in [-0.39, 0.29) is 0 Å². The van der Waals surface area contributed by atoms with Crippen molar-refractivity contribution >= 4 is 23.4 Å². The normalized spacial score (nSPS) is 14.6. The predicted octanol–water partition coefficient (Wildman–Crippen LogP) is 3.67. The van der Waals surface area contributed by atoms with Crippen LogP contribution in [0.1, 0.15) is 24.9 Å². The van der Waals surface area contributed by atoms with Crippen LogP contribution in [0, 0.1) is 0 Å². The minimum atomic E-state index is 0.317. The molecule has 19 heavy (non-hydrogen) atoms. The molecule has 1 rings (SSSR count). The Morgan fingerprint density at radius 2 is 2.05 bits per heavy atom. The maximum Gasteiger partial charge on any atom is 0.0453 e. The second-order valence-electron chi connectivity index (χ2n) is 4.94. The molecule has 0 radical (unpaired) electrons. The van der Waals surface area contributed by atoms with Crippen molar-refractivity contribution in [1.29, 1.82) is 0 Å². The van der Waals surface area contributed by atoms with Gasteiger partial charge in [-0.2, -0.15) is 11.8 Å². The van der Waals surface area contributed by atoms with E-state index >= 15 is 0 Å². The van der Waals surface area contributed by atoms with Crippen molar-refractivity contribution in [2.24, 2.45) is 0 Å². The Balaban J connectivity index is 2.56. The Kier molecular flexibility index (Phi) is 7.84. The summed E-state index contributed by atoms with van der Waals surface area (Å²) in [6, 6.07) is 9.02. The summed E-state index contributed by atoms with van der Waals surface area (Å²) in [5, 5.41) is 4.22. The Labute approximate surface area is 126 Å². The summed E-state index contributed by atoms with van der Waals surface area (Å²) < 4.78 is 0. The number of halogens is 1. The van der Waals surface area contributed by atoms with Gasteiger partial charge in [-0.3, -0.25) is 0 Å². The fourth-order valence-electron chi connectivity index (χ4n) is 2.13. The standard InChI is InChI=1S/C15H25ClN2S/c1-12(11-19-4)18(3)10-9-15(17-2)13-7-5-6-8-14(13)16/h5-8,12,15,17H,9-11H2,1-4H3. The lowest BCUT2D eigenvalue weighted by Gasteiger charge is -2.26. The van der Waals surface area contributed by atoms with Gasteiger partial charge in [0, 0.05) is 22.9 Å². The predicted molar refractivity (Wildman–Crippen MR) is 88.3 cm³/mol. The molecule has 1 aromatic rings. The first-order valence-corrected chi connectivity index (χ1v) is 8.48. The Bertz CT molecular complexity index is 373. The van der Waals surface area contributed by atoms with Crippen LogP contribution in [0.2, 0.25) is 5.02 Å². The van der Waals surface area contributed by atoms with E-state index in [1.807, 2.05) is 37.0 Å². The average Bonchev–Trinajstić information content (AvgIpc) is 2.41. The Morgan fingerprint density at radius 3 is 2.63 bits per heavy atom. The quantitative estimate of drug-likeness (QED) is 0.788. The number of thioether (sulfide) groups is 1. The van der Waals surface area contributed by atoms with Gasteiger partial charge in [-0.05, 0) is 51.9 Å². The van der Waals surface area contributed by atoms with E-state index in [9.17, 15) is 0 Å². The first-order valence-electron chi connectivity index (χ1n) is 6.71. The van der Waals surface area contributed by atoms with Crippen LogP contribution in [0.25, 0.3) is 0 Å². The molecule has 0 aromatic heterocycles. The number of hydrogen-bond donors (Lipinski definition) is 1. The van der Waals surface area contributed by atoms with E-state index in [2.05, 4.69) is 36.5 Å².